The molecule has 1 aliphatic carbocycles. The summed E-state index contributed by atoms with van der Waals surface area (Å²) in [5.41, 5.74) is 8.20. The summed E-state index contributed by atoms with van der Waals surface area (Å²) in [5, 5.41) is 0. The highest BCUT2D eigenvalue weighted by Gasteiger charge is 2.32. The molecule has 0 saturated heterocycles. The Morgan fingerprint density at radius 1 is 1.42 bits per heavy atom. The molecule has 0 amide bonds. The Bertz CT molecular complexity index is 455. The molecule has 1 aromatic rings. The quantitative estimate of drug-likeness (QED) is 0.632. The molecule has 0 spiro atoms. The van der Waals surface area contributed by atoms with Crippen molar-refractivity contribution >= 4 is 17.3 Å². The molecule has 1 aromatic carbocycles. The number of nitrogens with zero attached hydrogens (tertiary/aromatic N) is 1. The van der Waals surface area contributed by atoms with E-state index in [1.54, 1.807) is 6.07 Å². The van der Waals surface area contributed by atoms with E-state index in [4.69, 9.17) is 10.5 Å². The number of para-hydroxylation sites is 1. The summed E-state index contributed by atoms with van der Waals surface area (Å²) in [4.78, 5) is 14.3. The summed E-state index contributed by atoms with van der Waals surface area (Å²) in [6.45, 7) is 5.25. The van der Waals surface area contributed by atoms with Crippen LogP contribution in [0.25, 0.3) is 0 Å². The van der Waals surface area contributed by atoms with E-state index in [1.807, 2.05) is 19.1 Å². The molecule has 0 radical (unpaired) electrons. The lowest BCUT2D eigenvalue weighted by Gasteiger charge is -2.27. The van der Waals surface area contributed by atoms with E-state index in [9.17, 15) is 4.79 Å². The highest BCUT2D eigenvalue weighted by Crippen LogP contribution is 2.37. The smallest absolute Gasteiger partial charge is 0.340 e. The molecule has 0 aromatic heterocycles. The van der Waals surface area contributed by atoms with Gasteiger partial charge in [-0.2, -0.15) is 0 Å². The Morgan fingerprint density at radius 3 is 2.74 bits per heavy atom. The number of rotatable bonds is 6. The number of nitrogen functional groups attached to an aromatic ring is 1. The van der Waals surface area contributed by atoms with Crippen molar-refractivity contribution in [2.45, 2.75) is 39.2 Å². The molecule has 0 unspecified atom stereocenters. The van der Waals surface area contributed by atoms with Gasteiger partial charge in [-0.3, -0.25) is 0 Å². The third-order valence-electron chi connectivity index (χ3n) is 3.30. The van der Waals surface area contributed by atoms with E-state index in [2.05, 4.69) is 11.8 Å². The zero-order valence-corrected chi connectivity index (χ0v) is 11.7. The summed E-state index contributed by atoms with van der Waals surface area (Å²) in [7, 11) is 0. The van der Waals surface area contributed by atoms with Crippen LogP contribution < -0.4 is 10.6 Å². The third-order valence-corrected chi connectivity index (χ3v) is 3.30. The van der Waals surface area contributed by atoms with Crippen LogP contribution in [0.15, 0.2) is 18.2 Å². The zero-order chi connectivity index (χ0) is 13.8. The predicted octanol–water partition coefficient (Wildman–Crippen LogP) is 2.82. The minimum Gasteiger partial charge on any atom is -0.462 e. The molecule has 19 heavy (non-hydrogen) atoms. The van der Waals surface area contributed by atoms with Crippen molar-refractivity contribution in [1.29, 1.82) is 0 Å². The second-order valence-corrected chi connectivity index (χ2v) is 4.89. The molecule has 0 aliphatic heterocycles. The first-order valence-corrected chi connectivity index (χ1v) is 7.01. The normalized spacial score (nSPS) is 14.2. The summed E-state index contributed by atoms with van der Waals surface area (Å²) in [6.07, 6.45) is 3.39. The molecule has 1 saturated carbocycles. The number of hydrogen-bond acceptors (Lipinski definition) is 4. The SMILES string of the molecule is CCCN(c1c(N)cccc1C(=O)OCC)C1CC1. The Kier molecular flexibility index (Phi) is 4.30. The second-order valence-electron chi connectivity index (χ2n) is 4.89. The first-order chi connectivity index (χ1) is 9.19. The monoisotopic (exact) mass is 262 g/mol. The van der Waals surface area contributed by atoms with Crippen molar-refractivity contribution in [1.82, 2.24) is 0 Å². The van der Waals surface area contributed by atoms with Crippen LogP contribution in [0.1, 0.15) is 43.5 Å². The van der Waals surface area contributed by atoms with Gasteiger partial charge in [-0.05, 0) is 38.3 Å². The summed E-state index contributed by atoms with van der Waals surface area (Å²) >= 11 is 0. The van der Waals surface area contributed by atoms with E-state index < -0.39 is 0 Å². The molecule has 2 rings (SSSR count). The Balaban J connectivity index is 2.38. The van der Waals surface area contributed by atoms with E-state index in [0.717, 1.165) is 18.7 Å². The first kappa shape index (κ1) is 13.7. The van der Waals surface area contributed by atoms with Gasteiger partial charge in [-0.25, -0.2) is 4.79 Å². The maximum absolute atomic E-state index is 12.1. The maximum atomic E-state index is 12.1. The minimum atomic E-state index is -0.286. The maximum Gasteiger partial charge on any atom is 0.340 e. The fraction of sp³-hybridized carbons (Fsp3) is 0.533. The van der Waals surface area contributed by atoms with Gasteiger partial charge in [0, 0.05) is 12.6 Å². The third kappa shape index (κ3) is 3.00. The molecule has 1 aliphatic rings. The second kappa shape index (κ2) is 5.95. The largest absolute Gasteiger partial charge is 0.462 e. The number of esters is 1. The van der Waals surface area contributed by atoms with Crippen molar-refractivity contribution in [3.63, 3.8) is 0 Å². The van der Waals surface area contributed by atoms with Crippen LogP contribution in [0.3, 0.4) is 0 Å². The van der Waals surface area contributed by atoms with Crippen molar-refractivity contribution in [3.05, 3.63) is 23.8 Å². The van der Waals surface area contributed by atoms with Gasteiger partial charge in [-0.1, -0.05) is 13.0 Å². The van der Waals surface area contributed by atoms with Gasteiger partial charge >= 0.3 is 5.97 Å². The van der Waals surface area contributed by atoms with Crippen molar-refractivity contribution in [2.75, 3.05) is 23.8 Å². The van der Waals surface area contributed by atoms with Crippen LogP contribution in [0.4, 0.5) is 11.4 Å². The van der Waals surface area contributed by atoms with Crippen LogP contribution in [-0.4, -0.2) is 25.2 Å². The molecular weight excluding hydrogens is 240 g/mol. The standard InChI is InChI=1S/C15H22N2O2/c1-3-10-17(11-8-9-11)14-12(15(18)19-4-2)6-5-7-13(14)16/h5-7,11H,3-4,8-10,16H2,1-2H3. The van der Waals surface area contributed by atoms with Gasteiger partial charge in [0.2, 0.25) is 0 Å². The number of carbonyl (C=O) groups is 1. The number of carbonyl (C=O) groups excluding carboxylic acids is 1. The number of benzene rings is 1. The fourth-order valence-electron chi connectivity index (χ4n) is 2.36. The summed E-state index contributed by atoms with van der Waals surface area (Å²) in [5.74, 6) is -0.286. The average molecular weight is 262 g/mol. The first-order valence-electron chi connectivity index (χ1n) is 7.01. The van der Waals surface area contributed by atoms with Crippen LogP contribution in [0.5, 0.6) is 0 Å². The van der Waals surface area contributed by atoms with E-state index >= 15 is 0 Å². The number of nitrogens with two attached hydrogens (primary N) is 1. The predicted molar refractivity (Wildman–Crippen MR) is 77.5 cm³/mol. The Labute approximate surface area is 114 Å². The zero-order valence-electron chi connectivity index (χ0n) is 11.7. The summed E-state index contributed by atoms with van der Waals surface area (Å²) < 4.78 is 5.13. The van der Waals surface area contributed by atoms with Gasteiger partial charge in [0.15, 0.2) is 0 Å². The molecule has 104 valence electrons. The van der Waals surface area contributed by atoms with E-state index in [1.165, 1.54) is 12.8 Å². The van der Waals surface area contributed by atoms with Crippen LogP contribution in [0, 0.1) is 0 Å². The van der Waals surface area contributed by atoms with Crippen molar-refractivity contribution < 1.29 is 9.53 Å². The van der Waals surface area contributed by atoms with Crippen molar-refractivity contribution in [3.8, 4) is 0 Å². The Morgan fingerprint density at radius 2 is 2.16 bits per heavy atom. The van der Waals surface area contributed by atoms with Gasteiger partial charge in [0.25, 0.3) is 0 Å². The lowest BCUT2D eigenvalue weighted by Crippen LogP contribution is -2.29. The Hall–Kier alpha value is -1.71. The van der Waals surface area contributed by atoms with Gasteiger partial charge < -0.3 is 15.4 Å². The number of anilines is 2. The number of hydrogen-bond donors (Lipinski definition) is 1. The van der Waals surface area contributed by atoms with Gasteiger partial charge in [0.1, 0.15) is 0 Å². The van der Waals surface area contributed by atoms with Gasteiger partial charge in [0.05, 0.1) is 23.5 Å². The van der Waals surface area contributed by atoms with Crippen LogP contribution in [-0.2, 0) is 4.74 Å². The average Bonchev–Trinajstić information content (AvgIpc) is 3.21. The van der Waals surface area contributed by atoms with Crippen molar-refractivity contribution in [2.24, 2.45) is 0 Å². The molecular formula is C15H22N2O2. The molecule has 0 atom stereocenters. The molecule has 0 heterocycles. The van der Waals surface area contributed by atoms with Gasteiger partial charge in [-0.15, -0.1) is 0 Å². The lowest BCUT2D eigenvalue weighted by atomic mass is 10.1. The van der Waals surface area contributed by atoms with E-state index in [-0.39, 0.29) is 5.97 Å². The minimum absolute atomic E-state index is 0.286. The van der Waals surface area contributed by atoms with Crippen LogP contribution >= 0.6 is 0 Å². The topological polar surface area (TPSA) is 55.6 Å². The number of ether oxygens (including phenoxy) is 1. The molecule has 0 bridgehead atoms. The lowest BCUT2D eigenvalue weighted by molar-refractivity contribution is 0.0527. The fourth-order valence-corrected chi connectivity index (χ4v) is 2.36. The van der Waals surface area contributed by atoms with Crippen LogP contribution in [0.2, 0.25) is 0 Å². The molecule has 4 heteroatoms. The highest BCUT2D eigenvalue weighted by atomic mass is 16.5. The molecule has 1 fully saturated rings. The molecule has 4 nitrogen and oxygen atoms in total. The highest BCUT2D eigenvalue weighted by molar-refractivity contribution is 5.99. The summed E-state index contributed by atoms with van der Waals surface area (Å²) in [6, 6.07) is 5.98. The van der Waals surface area contributed by atoms with E-state index in [0.29, 0.717) is 23.9 Å². The molecule has 2 N–H and O–H groups in total.